The number of carboxylic acids is 2. The second-order valence-electron chi connectivity index (χ2n) is 7.57. The van der Waals surface area contributed by atoms with Gasteiger partial charge in [0.1, 0.15) is 0 Å². The molecule has 0 spiro atoms. The maximum Gasteiger partial charge on any atom is 0.337 e. The molecule has 2 aromatic carbocycles. The summed E-state index contributed by atoms with van der Waals surface area (Å²) < 4.78 is 0. The van der Waals surface area contributed by atoms with Crippen molar-refractivity contribution in [3.63, 3.8) is 0 Å². The number of benzene rings is 2. The van der Waals surface area contributed by atoms with Gasteiger partial charge in [0.2, 0.25) is 0 Å². The van der Waals surface area contributed by atoms with Gasteiger partial charge < -0.3 is 10.2 Å². The van der Waals surface area contributed by atoms with Crippen LogP contribution in [0.3, 0.4) is 0 Å². The molecule has 3 rings (SSSR count). The highest BCUT2D eigenvalue weighted by Crippen LogP contribution is 2.19. The van der Waals surface area contributed by atoms with Gasteiger partial charge in [0, 0.05) is 22.5 Å². The van der Waals surface area contributed by atoms with Gasteiger partial charge >= 0.3 is 11.9 Å². The van der Waals surface area contributed by atoms with Crippen LogP contribution in [0.1, 0.15) is 57.1 Å². The summed E-state index contributed by atoms with van der Waals surface area (Å²) in [5.74, 6) is -2.09. The number of carbonyl (C=O) groups is 2. The Hall–Kier alpha value is -4.24. The largest absolute Gasteiger partial charge is 0.478 e. The third-order valence-corrected chi connectivity index (χ3v) is 5.19. The zero-order valence-electron chi connectivity index (χ0n) is 19.7. The van der Waals surface area contributed by atoms with E-state index >= 15 is 0 Å². The minimum absolute atomic E-state index is 0. The molecule has 1 heterocycles. The fourth-order valence-corrected chi connectivity index (χ4v) is 3.40. The lowest BCUT2D eigenvalue weighted by atomic mass is 10.0. The van der Waals surface area contributed by atoms with Gasteiger partial charge in [-0.05, 0) is 58.0 Å². The molecule has 0 saturated heterocycles. The molecule has 0 unspecified atom stereocenters. The number of anilines is 2. The van der Waals surface area contributed by atoms with E-state index in [1.165, 1.54) is 12.1 Å². The number of hydrogen-bond acceptors (Lipinski definition) is 7. The number of halogens is 1. The molecule has 10 heteroatoms. The van der Waals surface area contributed by atoms with Crippen LogP contribution in [-0.2, 0) is 0 Å². The van der Waals surface area contributed by atoms with Gasteiger partial charge in [-0.25, -0.2) is 9.59 Å². The molecule has 0 radical (unpaired) electrons. The first-order valence-electron chi connectivity index (χ1n) is 10.4. The van der Waals surface area contributed by atoms with Crippen LogP contribution in [0.2, 0.25) is 0 Å². The number of aromatic nitrogens is 1. The molecule has 0 aliphatic carbocycles. The summed E-state index contributed by atoms with van der Waals surface area (Å²) >= 11 is 0. The van der Waals surface area contributed by atoms with Crippen molar-refractivity contribution in [3.8, 4) is 0 Å². The SMILES string of the molecule is CC(=NNc1ccccc1C(=O)O)c1cc(C(C)=NNc2ccccc2C(=O)O)c(C)nc1C.Cl. The molecule has 0 atom stereocenters. The zero-order chi connectivity index (χ0) is 24.8. The van der Waals surface area contributed by atoms with Gasteiger partial charge in [0.15, 0.2) is 0 Å². The van der Waals surface area contributed by atoms with E-state index < -0.39 is 11.9 Å². The minimum Gasteiger partial charge on any atom is -0.478 e. The Labute approximate surface area is 209 Å². The Balaban J connectivity index is 0.00000432. The fourth-order valence-electron chi connectivity index (χ4n) is 3.40. The molecular formula is C25H26ClN5O4. The van der Waals surface area contributed by atoms with Crippen molar-refractivity contribution in [1.82, 2.24) is 4.98 Å². The topological polar surface area (TPSA) is 136 Å². The Morgan fingerprint density at radius 2 is 1.09 bits per heavy atom. The molecule has 182 valence electrons. The first-order valence-corrected chi connectivity index (χ1v) is 10.4. The Morgan fingerprint density at radius 3 is 1.46 bits per heavy atom. The van der Waals surface area contributed by atoms with E-state index in [1.807, 2.05) is 19.9 Å². The number of hydrazone groups is 2. The number of aromatic carboxylic acids is 2. The van der Waals surface area contributed by atoms with Gasteiger partial charge in [-0.1, -0.05) is 24.3 Å². The van der Waals surface area contributed by atoms with E-state index in [1.54, 1.807) is 50.2 Å². The van der Waals surface area contributed by atoms with Crippen LogP contribution < -0.4 is 10.9 Å². The number of carboxylic acid groups (broad SMARTS) is 2. The predicted octanol–water partition coefficient (Wildman–Crippen LogP) is 5.19. The van der Waals surface area contributed by atoms with Crippen LogP contribution in [0.5, 0.6) is 0 Å². The van der Waals surface area contributed by atoms with E-state index in [-0.39, 0.29) is 23.5 Å². The first kappa shape index (κ1) is 27.0. The number of aryl methyl sites for hydroxylation is 2. The smallest absolute Gasteiger partial charge is 0.337 e. The van der Waals surface area contributed by atoms with Crippen molar-refractivity contribution in [2.45, 2.75) is 27.7 Å². The average Bonchev–Trinajstić information content (AvgIpc) is 2.81. The van der Waals surface area contributed by atoms with Crippen molar-refractivity contribution in [3.05, 3.63) is 88.2 Å². The number of nitrogens with one attached hydrogen (secondary N) is 2. The highest BCUT2D eigenvalue weighted by molar-refractivity contribution is 6.05. The summed E-state index contributed by atoms with van der Waals surface area (Å²) in [6, 6.07) is 14.9. The number of para-hydroxylation sites is 2. The number of rotatable bonds is 8. The Bertz CT molecular complexity index is 1220. The summed E-state index contributed by atoms with van der Waals surface area (Å²) in [6.45, 7) is 7.33. The summed E-state index contributed by atoms with van der Waals surface area (Å²) in [5, 5.41) is 27.4. The predicted molar refractivity (Wildman–Crippen MR) is 139 cm³/mol. The van der Waals surface area contributed by atoms with Crippen LogP contribution in [0.4, 0.5) is 11.4 Å². The van der Waals surface area contributed by atoms with Crippen molar-refractivity contribution in [1.29, 1.82) is 0 Å². The van der Waals surface area contributed by atoms with Crippen LogP contribution >= 0.6 is 12.4 Å². The normalized spacial score (nSPS) is 11.4. The van der Waals surface area contributed by atoms with Gasteiger partial charge in [0.05, 0.1) is 33.9 Å². The minimum atomic E-state index is -1.05. The van der Waals surface area contributed by atoms with Gasteiger partial charge in [0.25, 0.3) is 0 Å². The second kappa shape index (κ2) is 11.8. The molecular weight excluding hydrogens is 470 g/mol. The average molecular weight is 496 g/mol. The van der Waals surface area contributed by atoms with Crippen molar-refractivity contribution >= 4 is 47.1 Å². The summed E-state index contributed by atoms with van der Waals surface area (Å²) in [6.07, 6.45) is 0. The molecule has 0 aliphatic heterocycles. The number of pyridine rings is 1. The molecule has 35 heavy (non-hydrogen) atoms. The summed E-state index contributed by atoms with van der Waals surface area (Å²) in [7, 11) is 0. The Kier molecular flexibility index (Phi) is 9.07. The van der Waals surface area contributed by atoms with Crippen molar-refractivity contribution < 1.29 is 19.8 Å². The van der Waals surface area contributed by atoms with Crippen molar-refractivity contribution in [2.75, 3.05) is 10.9 Å². The van der Waals surface area contributed by atoms with E-state index in [0.717, 1.165) is 22.5 Å². The van der Waals surface area contributed by atoms with Crippen LogP contribution in [-0.4, -0.2) is 38.6 Å². The molecule has 0 fully saturated rings. The lowest BCUT2D eigenvalue weighted by Crippen LogP contribution is -2.11. The summed E-state index contributed by atoms with van der Waals surface area (Å²) in [4.78, 5) is 27.5. The third-order valence-electron chi connectivity index (χ3n) is 5.19. The maximum absolute atomic E-state index is 11.4. The van der Waals surface area contributed by atoms with Gasteiger partial charge in [-0.3, -0.25) is 15.8 Å². The highest BCUT2D eigenvalue weighted by atomic mass is 35.5. The molecule has 0 bridgehead atoms. The van der Waals surface area contributed by atoms with Crippen LogP contribution in [0.25, 0.3) is 0 Å². The lowest BCUT2D eigenvalue weighted by Gasteiger charge is -2.13. The fraction of sp³-hybridized carbons (Fsp3) is 0.160. The molecule has 3 aromatic rings. The quantitative estimate of drug-likeness (QED) is 0.249. The molecule has 0 aliphatic rings. The monoisotopic (exact) mass is 495 g/mol. The highest BCUT2D eigenvalue weighted by Gasteiger charge is 2.13. The zero-order valence-corrected chi connectivity index (χ0v) is 20.5. The first-order chi connectivity index (χ1) is 16.2. The van der Waals surface area contributed by atoms with Crippen molar-refractivity contribution in [2.24, 2.45) is 10.2 Å². The van der Waals surface area contributed by atoms with Crippen LogP contribution in [0.15, 0.2) is 64.8 Å². The van der Waals surface area contributed by atoms with Crippen LogP contribution in [0, 0.1) is 13.8 Å². The Morgan fingerprint density at radius 1 is 0.714 bits per heavy atom. The van der Waals surface area contributed by atoms with Gasteiger partial charge in [-0.15, -0.1) is 12.4 Å². The molecule has 0 saturated carbocycles. The van der Waals surface area contributed by atoms with Gasteiger partial charge in [-0.2, -0.15) is 10.2 Å². The lowest BCUT2D eigenvalue weighted by molar-refractivity contribution is 0.0687. The molecule has 1 aromatic heterocycles. The standard InChI is InChI=1S/C25H25N5O4.ClH/c1-14-20(16(3)27-29-22-11-7-5-9-18(22)24(31)32)13-21(15(2)26-14)17(4)28-30-23-12-8-6-10-19(23)25(33)34;/h5-13,29-30H,1-4H3,(H,31,32)(H,33,34);1H. The molecule has 9 nitrogen and oxygen atoms in total. The third kappa shape index (κ3) is 6.42. The van der Waals surface area contributed by atoms with E-state index in [2.05, 4.69) is 26.0 Å². The number of hydrogen-bond donors (Lipinski definition) is 4. The maximum atomic E-state index is 11.4. The van der Waals surface area contributed by atoms with E-state index in [4.69, 9.17) is 0 Å². The van der Waals surface area contributed by atoms with E-state index in [0.29, 0.717) is 22.8 Å². The summed E-state index contributed by atoms with van der Waals surface area (Å²) in [5.41, 5.74) is 10.9. The van der Waals surface area contributed by atoms with E-state index in [9.17, 15) is 19.8 Å². The molecule has 0 amide bonds. The number of nitrogens with zero attached hydrogens (tertiary/aromatic N) is 3. The second-order valence-corrected chi connectivity index (χ2v) is 7.57. The molecule has 4 N–H and O–H groups in total.